The van der Waals surface area contributed by atoms with Crippen LogP contribution in [0.2, 0.25) is 0 Å². The van der Waals surface area contributed by atoms with Crippen LogP contribution in [-0.4, -0.2) is 48.6 Å². The Kier molecular flexibility index (Phi) is 6.42. The number of amidine groups is 1. The van der Waals surface area contributed by atoms with E-state index in [1.807, 2.05) is 12.1 Å². The van der Waals surface area contributed by atoms with Crippen LogP contribution in [0.3, 0.4) is 0 Å². The number of esters is 1. The van der Waals surface area contributed by atoms with Crippen molar-refractivity contribution in [3.63, 3.8) is 0 Å². The first-order valence-corrected chi connectivity index (χ1v) is 10.4. The molecule has 0 aromatic heterocycles. The van der Waals surface area contributed by atoms with Gasteiger partial charge < -0.3 is 4.74 Å². The molecular weight excluding hydrogens is 378 g/mol. The Balaban J connectivity index is 1.30. The predicted octanol–water partition coefficient (Wildman–Crippen LogP) is 2.52. The van der Waals surface area contributed by atoms with Crippen molar-refractivity contribution in [1.29, 1.82) is 0 Å². The molecule has 158 valence electrons. The minimum Gasteiger partial charge on any atom is -0.465 e. The Labute approximate surface area is 177 Å². The highest BCUT2D eigenvalue weighted by molar-refractivity contribution is 5.89. The fraction of sp³-hybridized carbons (Fsp3) is 0.391. The van der Waals surface area contributed by atoms with Crippen molar-refractivity contribution in [1.82, 2.24) is 15.4 Å². The zero-order chi connectivity index (χ0) is 20.9. The van der Waals surface area contributed by atoms with Gasteiger partial charge in [0.1, 0.15) is 5.84 Å². The number of nitrogens with two attached hydrogens (primary N) is 1. The molecule has 2 heterocycles. The van der Waals surface area contributed by atoms with Crippen LogP contribution < -0.4 is 11.3 Å². The molecule has 2 aliphatic heterocycles. The van der Waals surface area contributed by atoms with Crippen LogP contribution in [0.25, 0.3) is 0 Å². The van der Waals surface area contributed by atoms with Crippen LogP contribution in [0, 0.1) is 5.92 Å². The van der Waals surface area contributed by atoms with E-state index >= 15 is 0 Å². The van der Waals surface area contributed by atoms with Gasteiger partial charge in [0.15, 0.2) is 6.17 Å². The normalized spacial score (nSPS) is 20.6. The molecule has 2 aliphatic rings. The van der Waals surface area contributed by atoms with E-state index in [0.29, 0.717) is 5.56 Å². The first-order valence-electron chi connectivity index (χ1n) is 10.4. The minimum absolute atomic E-state index is 0.303. The lowest BCUT2D eigenvalue weighted by molar-refractivity contribution is 0.0600. The summed E-state index contributed by atoms with van der Waals surface area (Å²) in [4.78, 5) is 18.8. The number of likely N-dealkylation sites (tertiary alicyclic amines) is 1. The highest BCUT2D eigenvalue weighted by atomic mass is 16.5. The van der Waals surface area contributed by atoms with Gasteiger partial charge in [0, 0.05) is 0 Å². The molecule has 0 spiro atoms. The number of hydrazine groups is 2. The van der Waals surface area contributed by atoms with Gasteiger partial charge in [0.2, 0.25) is 0 Å². The van der Waals surface area contributed by atoms with Gasteiger partial charge in [-0.2, -0.15) is 0 Å². The third kappa shape index (κ3) is 4.87. The summed E-state index contributed by atoms with van der Waals surface area (Å²) in [6.07, 6.45) is 3.26. The number of benzene rings is 2. The lowest BCUT2D eigenvalue weighted by Crippen LogP contribution is -2.47. The Hall–Kier alpha value is -2.74. The molecule has 7 heteroatoms. The maximum Gasteiger partial charge on any atom is 0.337 e. The van der Waals surface area contributed by atoms with Crippen LogP contribution in [-0.2, 0) is 11.2 Å². The van der Waals surface area contributed by atoms with Crippen LogP contribution in [0.5, 0.6) is 0 Å². The largest absolute Gasteiger partial charge is 0.465 e. The summed E-state index contributed by atoms with van der Waals surface area (Å²) >= 11 is 0. The number of carbonyl (C=O) groups is 1. The van der Waals surface area contributed by atoms with Gasteiger partial charge >= 0.3 is 5.97 Å². The van der Waals surface area contributed by atoms with Crippen LogP contribution in [0.15, 0.2) is 59.6 Å². The van der Waals surface area contributed by atoms with Gasteiger partial charge in [0.25, 0.3) is 0 Å². The summed E-state index contributed by atoms with van der Waals surface area (Å²) in [7, 11) is 1.37. The van der Waals surface area contributed by atoms with Gasteiger partial charge in [-0.1, -0.05) is 42.5 Å². The summed E-state index contributed by atoms with van der Waals surface area (Å²) in [5.74, 6) is 7.41. The third-order valence-corrected chi connectivity index (χ3v) is 5.88. The van der Waals surface area contributed by atoms with Gasteiger partial charge in [-0.25, -0.2) is 15.6 Å². The second-order valence-electron chi connectivity index (χ2n) is 7.99. The maximum absolute atomic E-state index is 11.6. The van der Waals surface area contributed by atoms with Crippen molar-refractivity contribution in [2.75, 3.05) is 26.7 Å². The van der Waals surface area contributed by atoms with Crippen molar-refractivity contribution < 1.29 is 9.53 Å². The topological polar surface area (TPSA) is 83.2 Å². The first kappa shape index (κ1) is 20.5. The molecule has 0 radical (unpaired) electrons. The van der Waals surface area contributed by atoms with E-state index in [0.717, 1.165) is 43.4 Å². The number of methoxy groups -OCH3 is 1. The molecule has 1 fully saturated rings. The van der Waals surface area contributed by atoms with E-state index < -0.39 is 0 Å². The standard InChI is InChI=1S/C23H29N5O2/c1-30-23(29)20-9-7-19(8-10-20)22-25-21(26-28(22)24)16-27-13-11-18(12-14-27)15-17-5-3-2-4-6-17/h2-10,18,22H,11-16,24H2,1H3,(H,25,26). The second kappa shape index (κ2) is 9.38. The van der Waals surface area contributed by atoms with Crippen molar-refractivity contribution in [3.8, 4) is 0 Å². The van der Waals surface area contributed by atoms with E-state index in [2.05, 4.69) is 40.7 Å². The molecule has 2 aromatic carbocycles. The predicted molar refractivity (Wildman–Crippen MR) is 116 cm³/mol. The van der Waals surface area contributed by atoms with Crippen molar-refractivity contribution >= 4 is 11.8 Å². The van der Waals surface area contributed by atoms with E-state index in [1.54, 1.807) is 12.1 Å². The van der Waals surface area contributed by atoms with Crippen molar-refractivity contribution in [3.05, 3.63) is 71.3 Å². The average molecular weight is 408 g/mol. The zero-order valence-corrected chi connectivity index (χ0v) is 17.3. The molecule has 30 heavy (non-hydrogen) atoms. The molecule has 1 unspecified atom stereocenters. The highest BCUT2D eigenvalue weighted by Gasteiger charge is 2.27. The van der Waals surface area contributed by atoms with Gasteiger partial charge in [-0.15, -0.1) is 5.12 Å². The SMILES string of the molecule is COC(=O)c1ccc(C2N=C(CN3CCC(Cc4ccccc4)CC3)NN2N)cc1. The smallest absolute Gasteiger partial charge is 0.337 e. The number of aliphatic imine (C=N–C) groups is 1. The lowest BCUT2D eigenvalue weighted by atomic mass is 9.90. The van der Waals surface area contributed by atoms with E-state index in [1.165, 1.54) is 30.6 Å². The molecule has 1 saturated heterocycles. The zero-order valence-electron chi connectivity index (χ0n) is 17.3. The minimum atomic E-state index is -0.351. The first-order chi connectivity index (χ1) is 14.6. The summed E-state index contributed by atoms with van der Waals surface area (Å²) in [6, 6.07) is 17.9. The molecule has 0 aliphatic carbocycles. The molecule has 0 bridgehead atoms. The maximum atomic E-state index is 11.6. The number of nitrogens with one attached hydrogen (secondary N) is 1. The Morgan fingerprint density at radius 2 is 1.83 bits per heavy atom. The van der Waals surface area contributed by atoms with Crippen LogP contribution in [0.4, 0.5) is 0 Å². The number of piperidine rings is 1. The molecule has 0 amide bonds. The third-order valence-electron chi connectivity index (χ3n) is 5.88. The molecule has 4 rings (SSSR count). The molecule has 1 atom stereocenters. The van der Waals surface area contributed by atoms with Crippen molar-refractivity contribution in [2.24, 2.45) is 16.8 Å². The van der Waals surface area contributed by atoms with Crippen LogP contribution >= 0.6 is 0 Å². The monoisotopic (exact) mass is 407 g/mol. The molecule has 2 aromatic rings. The summed E-state index contributed by atoms with van der Waals surface area (Å²) in [5.41, 5.74) is 6.04. The van der Waals surface area contributed by atoms with Crippen molar-refractivity contribution in [2.45, 2.75) is 25.4 Å². The molecule has 0 saturated carbocycles. The summed E-state index contributed by atoms with van der Waals surface area (Å²) in [6.45, 7) is 2.91. The quantitative estimate of drug-likeness (QED) is 0.566. The Morgan fingerprint density at radius 3 is 2.50 bits per heavy atom. The van der Waals surface area contributed by atoms with Gasteiger partial charge in [-0.05, 0) is 61.5 Å². The highest BCUT2D eigenvalue weighted by Crippen LogP contribution is 2.25. The second-order valence-corrected chi connectivity index (χ2v) is 7.99. The molecular formula is C23H29N5O2. The van der Waals surface area contributed by atoms with E-state index in [4.69, 9.17) is 15.6 Å². The average Bonchev–Trinajstić information content (AvgIpc) is 3.15. The summed E-state index contributed by atoms with van der Waals surface area (Å²) in [5, 5.41) is 1.52. The lowest BCUT2D eigenvalue weighted by Gasteiger charge is -2.32. The fourth-order valence-corrected chi connectivity index (χ4v) is 4.18. The summed E-state index contributed by atoms with van der Waals surface area (Å²) < 4.78 is 4.75. The Morgan fingerprint density at radius 1 is 1.13 bits per heavy atom. The van der Waals surface area contributed by atoms with Gasteiger partial charge in [-0.3, -0.25) is 10.3 Å². The molecule has 3 N–H and O–H groups in total. The van der Waals surface area contributed by atoms with E-state index in [9.17, 15) is 4.79 Å². The number of carbonyl (C=O) groups excluding carboxylic acids is 1. The number of rotatable bonds is 6. The number of nitrogens with zero attached hydrogens (tertiary/aromatic N) is 3. The number of hydrogen-bond donors (Lipinski definition) is 2. The number of hydrogen-bond acceptors (Lipinski definition) is 7. The fourth-order valence-electron chi connectivity index (χ4n) is 4.18. The number of ether oxygens (including phenoxy) is 1. The van der Waals surface area contributed by atoms with Gasteiger partial charge in [0.05, 0.1) is 19.2 Å². The van der Waals surface area contributed by atoms with Crippen LogP contribution in [0.1, 0.15) is 40.5 Å². The van der Waals surface area contributed by atoms with E-state index in [-0.39, 0.29) is 12.1 Å². The Bertz CT molecular complexity index is 876. The molecule has 7 nitrogen and oxygen atoms in total.